The third-order valence-corrected chi connectivity index (χ3v) is 3.26. The molecule has 0 radical (unpaired) electrons. The van der Waals surface area contributed by atoms with Crippen LogP contribution in [0.1, 0.15) is 26.7 Å². The van der Waals surface area contributed by atoms with E-state index in [0.717, 1.165) is 6.42 Å². The quantitative estimate of drug-likeness (QED) is 0.714. The molecule has 3 nitrogen and oxygen atoms in total. The number of rotatable bonds is 5. The second-order valence-electron chi connectivity index (χ2n) is 4.37. The maximum Gasteiger partial charge on any atom is 0.143 e. The van der Waals surface area contributed by atoms with Crippen LogP contribution in [0, 0.1) is 5.82 Å². The lowest BCUT2D eigenvalue weighted by Gasteiger charge is -2.31. The topological polar surface area (TPSA) is 58.3 Å². The van der Waals surface area contributed by atoms with Gasteiger partial charge in [0, 0.05) is 18.2 Å². The normalized spacial score (nSPS) is 14.4. The Balaban J connectivity index is 2.97. The Morgan fingerprint density at radius 1 is 1.53 bits per heavy atom. The molecule has 4 N–H and O–H groups in total. The summed E-state index contributed by atoms with van der Waals surface area (Å²) in [5, 5.41) is 12.3. The summed E-state index contributed by atoms with van der Waals surface area (Å²) in [7, 11) is 0. The highest BCUT2D eigenvalue weighted by Crippen LogP contribution is 2.30. The highest BCUT2D eigenvalue weighted by molar-refractivity contribution is 6.31. The van der Waals surface area contributed by atoms with E-state index in [1.807, 2.05) is 13.8 Å². The molecule has 17 heavy (non-hydrogen) atoms. The number of aliphatic hydroxyl groups is 1. The van der Waals surface area contributed by atoms with Crippen LogP contribution < -0.4 is 11.1 Å². The van der Waals surface area contributed by atoms with Crippen LogP contribution in [0.5, 0.6) is 0 Å². The van der Waals surface area contributed by atoms with Crippen LogP contribution in [0.15, 0.2) is 12.1 Å². The summed E-state index contributed by atoms with van der Waals surface area (Å²) in [6.07, 6.45) is 1.39. The summed E-state index contributed by atoms with van der Waals surface area (Å²) in [4.78, 5) is 0. The fourth-order valence-corrected chi connectivity index (χ4v) is 1.73. The molecule has 0 heterocycles. The number of hydrogen-bond donors (Lipinski definition) is 3. The van der Waals surface area contributed by atoms with Crippen LogP contribution in [0.3, 0.4) is 0 Å². The first-order valence-corrected chi connectivity index (χ1v) is 5.93. The van der Waals surface area contributed by atoms with Gasteiger partial charge in [-0.25, -0.2) is 4.39 Å². The van der Waals surface area contributed by atoms with E-state index in [1.54, 1.807) is 0 Å². The molecule has 1 aromatic rings. The fraction of sp³-hybridized carbons (Fsp3) is 0.500. The minimum Gasteiger partial charge on any atom is -0.397 e. The van der Waals surface area contributed by atoms with Crippen LogP contribution >= 0.6 is 11.6 Å². The SMILES string of the molecule is CCC(C)(CCO)Nc1cc(Cl)c(F)cc1N. The zero-order valence-electron chi connectivity index (χ0n) is 10.1. The minimum absolute atomic E-state index is 0.0316. The third kappa shape index (κ3) is 3.48. The van der Waals surface area contributed by atoms with E-state index in [1.165, 1.54) is 12.1 Å². The molecule has 0 amide bonds. The summed E-state index contributed by atoms with van der Waals surface area (Å²) in [5.41, 5.74) is 6.34. The summed E-state index contributed by atoms with van der Waals surface area (Å²) < 4.78 is 13.1. The summed E-state index contributed by atoms with van der Waals surface area (Å²) in [6.45, 7) is 4.05. The molecular weight excluding hydrogens is 243 g/mol. The molecule has 1 rings (SSSR count). The zero-order chi connectivity index (χ0) is 13.1. The van der Waals surface area contributed by atoms with E-state index >= 15 is 0 Å². The van der Waals surface area contributed by atoms with Gasteiger partial charge in [0.1, 0.15) is 5.82 Å². The molecule has 0 saturated heterocycles. The van der Waals surface area contributed by atoms with Gasteiger partial charge in [0.05, 0.1) is 16.4 Å². The van der Waals surface area contributed by atoms with Gasteiger partial charge in [0.15, 0.2) is 0 Å². The van der Waals surface area contributed by atoms with Gasteiger partial charge in [0.25, 0.3) is 0 Å². The van der Waals surface area contributed by atoms with Gasteiger partial charge in [-0.05, 0) is 25.8 Å². The second-order valence-corrected chi connectivity index (χ2v) is 4.77. The Morgan fingerprint density at radius 2 is 2.18 bits per heavy atom. The first-order valence-electron chi connectivity index (χ1n) is 5.55. The lowest BCUT2D eigenvalue weighted by molar-refractivity contribution is 0.252. The van der Waals surface area contributed by atoms with Crippen LogP contribution in [0.25, 0.3) is 0 Å². The maximum atomic E-state index is 13.1. The first kappa shape index (κ1) is 14.1. The van der Waals surface area contributed by atoms with Crippen molar-refractivity contribution >= 4 is 23.0 Å². The average molecular weight is 261 g/mol. The molecule has 0 aliphatic rings. The van der Waals surface area contributed by atoms with E-state index in [4.69, 9.17) is 22.4 Å². The summed E-state index contributed by atoms with van der Waals surface area (Å²) in [6, 6.07) is 2.66. The van der Waals surface area contributed by atoms with E-state index in [2.05, 4.69) is 5.32 Å². The number of halogens is 2. The highest BCUT2D eigenvalue weighted by atomic mass is 35.5. The zero-order valence-corrected chi connectivity index (χ0v) is 10.8. The standard InChI is InChI=1S/C12H18ClFN2O/c1-3-12(2,4-5-17)16-11-6-8(13)9(14)7-10(11)15/h6-7,16-17H,3-5,15H2,1-2H3. The Morgan fingerprint density at radius 3 is 2.71 bits per heavy atom. The van der Waals surface area contributed by atoms with E-state index < -0.39 is 5.82 Å². The minimum atomic E-state index is -0.532. The number of nitrogens with one attached hydrogen (secondary N) is 1. The van der Waals surface area contributed by atoms with Crippen LogP contribution in [-0.4, -0.2) is 17.3 Å². The van der Waals surface area contributed by atoms with Crippen molar-refractivity contribution in [2.24, 2.45) is 0 Å². The highest BCUT2D eigenvalue weighted by Gasteiger charge is 2.22. The Hall–Kier alpha value is -1.00. The van der Waals surface area contributed by atoms with Crippen molar-refractivity contribution in [1.29, 1.82) is 0 Å². The number of anilines is 2. The lowest BCUT2D eigenvalue weighted by atomic mass is 9.94. The molecule has 1 aromatic carbocycles. The van der Waals surface area contributed by atoms with Crippen molar-refractivity contribution in [1.82, 2.24) is 0 Å². The molecule has 0 aliphatic heterocycles. The van der Waals surface area contributed by atoms with Crippen LogP contribution in [0.4, 0.5) is 15.8 Å². The smallest absolute Gasteiger partial charge is 0.143 e. The van der Waals surface area contributed by atoms with Gasteiger partial charge in [-0.15, -0.1) is 0 Å². The monoisotopic (exact) mass is 260 g/mol. The lowest BCUT2D eigenvalue weighted by Crippen LogP contribution is -2.35. The van der Waals surface area contributed by atoms with E-state index in [0.29, 0.717) is 17.8 Å². The molecule has 0 bridgehead atoms. The number of hydrogen-bond acceptors (Lipinski definition) is 3. The molecule has 1 unspecified atom stereocenters. The van der Waals surface area contributed by atoms with Gasteiger partial charge in [-0.2, -0.15) is 0 Å². The van der Waals surface area contributed by atoms with Crippen molar-refractivity contribution in [3.8, 4) is 0 Å². The fourth-order valence-electron chi connectivity index (χ4n) is 1.57. The Bertz CT molecular complexity index is 400. The molecule has 5 heteroatoms. The van der Waals surface area contributed by atoms with E-state index in [-0.39, 0.29) is 17.2 Å². The van der Waals surface area contributed by atoms with Gasteiger partial charge >= 0.3 is 0 Å². The van der Waals surface area contributed by atoms with Crippen LogP contribution in [-0.2, 0) is 0 Å². The molecule has 0 aliphatic carbocycles. The predicted molar refractivity (Wildman–Crippen MR) is 69.8 cm³/mol. The molecule has 0 fully saturated rings. The predicted octanol–water partition coefficient (Wildman–Crippen LogP) is 3.02. The van der Waals surface area contributed by atoms with Gasteiger partial charge in [-0.3, -0.25) is 0 Å². The Kier molecular flexibility index (Phi) is 4.60. The Labute approximate surface area is 106 Å². The number of nitrogens with two attached hydrogens (primary N) is 1. The van der Waals surface area contributed by atoms with Gasteiger partial charge in [0.2, 0.25) is 0 Å². The summed E-state index contributed by atoms with van der Waals surface area (Å²) in [5.74, 6) is -0.532. The van der Waals surface area contributed by atoms with E-state index in [9.17, 15) is 4.39 Å². The third-order valence-electron chi connectivity index (χ3n) is 2.97. The summed E-state index contributed by atoms with van der Waals surface area (Å²) >= 11 is 5.71. The van der Waals surface area contributed by atoms with Crippen molar-refractivity contribution in [3.63, 3.8) is 0 Å². The van der Waals surface area contributed by atoms with Gasteiger partial charge < -0.3 is 16.2 Å². The molecule has 0 saturated carbocycles. The van der Waals surface area contributed by atoms with Crippen molar-refractivity contribution in [2.45, 2.75) is 32.2 Å². The number of nitrogen functional groups attached to an aromatic ring is 1. The van der Waals surface area contributed by atoms with Crippen molar-refractivity contribution in [3.05, 3.63) is 23.0 Å². The van der Waals surface area contributed by atoms with Crippen molar-refractivity contribution in [2.75, 3.05) is 17.7 Å². The molecule has 96 valence electrons. The molecule has 0 aromatic heterocycles. The maximum absolute atomic E-state index is 13.1. The van der Waals surface area contributed by atoms with Gasteiger partial charge in [-0.1, -0.05) is 18.5 Å². The van der Waals surface area contributed by atoms with Crippen molar-refractivity contribution < 1.29 is 9.50 Å². The largest absolute Gasteiger partial charge is 0.397 e. The number of benzene rings is 1. The molecule has 1 atom stereocenters. The molecular formula is C12H18ClFN2O. The average Bonchev–Trinajstić information content (AvgIpc) is 2.26. The number of aliphatic hydroxyl groups excluding tert-OH is 1. The first-order chi connectivity index (χ1) is 7.91. The van der Waals surface area contributed by atoms with Crippen LogP contribution in [0.2, 0.25) is 5.02 Å². The molecule has 0 spiro atoms. The second kappa shape index (κ2) is 5.56.